The molecule has 5 rings (SSSR count). The largest absolute Gasteiger partial charge is 0.460 e. The van der Waals surface area contributed by atoms with Crippen molar-refractivity contribution in [3.05, 3.63) is 101 Å². The third-order valence-corrected chi connectivity index (χ3v) is 5.85. The van der Waals surface area contributed by atoms with Crippen LogP contribution in [0.2, 0.25) is 0 Å². The van der Waals surface area contributed by atoms with Gasteiger partial charge in [0.25, 0.3) is 0 Å². The topological polar surface area (TPSA) is 63.7 Å². The zero-order chi connectivity index (χ0) is 22.2. The molecular weight excluding hydrogens is 402 g/mol. The fraction of sp³-hybridized carbons (Fsp3) is 0.148. The van der Waals surface area contributed by atoms with Gasteiger partial charge in [-0.15, -0.1) is 0 Å². The number of rotatable bonds is 3. The van der Waals surface area contributed by atoms with Crippen molar-refractivity contribution in [1.82, 2.24) is 0 Å². The molecule has 5 heteroatoms. The number of para-hydroxylation sites is 1. The maximum Gasteiger partial charge on any atom is 0.302 e. The molecule has 0 saturated carbocycles. The number of nitrogens with zero attached hydrogens (tertiary/aromatic N) is 1. The maximum atomic E-state index is 12.8. The van der Waals surface area contributed by atoms with E-state index in [2.05, 4.69) is 4.90 Å². The number of anilines is 2. The number of carbonyl (C=O) groups is 3. The summed E-state index contributed by atoms with van der Waals surface area (Å²) >= 11 is 0. The molecule has 0 amide bonds. The van der Waals surface area contributed by atoms with E-state index in [1.165, 1.54) is 6.92 Å². The van der Waals surface area contributed by atoms with E-state index in [1.807, 2.05) is 48.5 Å². The van der Waals surface area contributed by atoms with E-state index in [4.69, 9.17) is 4.74 Å². The van der Waals surface area contributed by atoms with Crippen molar-refractivity contribution >= 4 is 35.0 Å². The van der Waals surface area contributed by atoms with Crippen molar-refractivity contribution in [2.45, 2.75) is 19.4 Å². The highest BCUT2D eigenvalue weighted by atomic mass is 16.5. The van der Waals surface area contributed by atoms with Gasteiger partial charge in [-0.1, -0.05) is 48.5 Å². The molecule has 0 spiro atoms. The van der Waals surface area contributed by atoms with E-state index in [1.54, 1.807) is 30.3 Å². The fourth-order valence-corrected chi connectivity index (χ4v) is 4.47. The van der Waals surface area contributed by atoms with Gasteiger partial charge in [-0.3, -0.25) is 14.4 Å². The number of hydrogen-bond donors (Lipinski definition) is 0. The van der Waals surface area contributed by atoms with E-state index in [0.717, 1.165) is 22.5 Å². The van der Waals surface area contributed by atoms with Crippen LogP contribution in [-0.4, -0.2) is 30.2 Å². The summed E-state index contributed by atoms with van der Waals surface area (Å²) in [5, 5.41) is 0. The molecular formula is C27H21NO4. The Morgan fingerprint density at radius 3 is 2.25 bits per heavy atom. The molecule has 1 aliphatic heterocycles. The lowest BCUT2D eigenvalue weighted by molar-refractivity contribution is -0.145. The summed E-state index contributed by atoms with van der Waals surface area (Å²) in [7, 11) is 0. The number of ether oxygens (including phenoxy) is 1. The molecule has 1 aliphatic carbocycles. The Labute approximate surface area is 185 Å². The SMILES string of the molecule is CC(=O)OC1Cc2cc(C=C3C(=O)c4ccccc4C3=O)ccc2N(c2ccccc2)C1. The summed E-state index contributed by atoms with van der Waals surface area (Å²) in [6, 6.07) is 22.7. The van der Waals surface area contributed by atoms with Gasteiger partial charge in [-0.2, -0.15) is 0 Å². The second kappa shape index (κ2) is 7.93. The number of ketones is 2. The third kappa shape index (κ3) is 3.52. The second-order valence-corrected chi connectivity index (χ2v) is 8.03. The number of allylic oxidation sites excluding steroid dienone is 1. The van der Waals surface area contributed by atoms with Crippen LogP contribution in [0.4, 0.5) is 11.4 Å². The number of esters is 1. The summed E-state index contributed by atoms with van der Waals surface area (Å²) in [6.45, 7) is 1.97. The van der Waals surface area contributed by atoms with E-state index < -0.39 is 0 Å². The quantitative estimate of drug-likeness (QED) is 0.345. The Bertz CT molecular complexity index is 1240. The first-order valence-corrected chi connectivity index (χ1v) is 10.5. The van der Waals surface area contributed by atoms with Crippen LogP contribution in [-0.2, 0) is 16.0 Å². The zero-order valence-corrected chi connectivity index (χ0v) is 17.6. The predicted octanol–water partition coefficient (Wildman–Crippen LogP) is 4.78. The van der Waals surface area contributed by atoms with Crippen molar-refractivity contribution < 1.29 is 19.1 Å². The van der Waals surface area contributed by atoms with Crippen molar-refractivity contribution in [1.29, 1.82) is 0 Å². The minimum atomic E-state index is -0.315. The highest BCUT2D eigenvalue weighted by Gasteiger charge is 2.33. The molecule has 3 aromatic carbocycles. The van der Waals surface area contributed by atoms with Crippen LogP contribution in [0.5, 0.6) is 0 Å². The molecule has 158 valence electrons. The Hall–Kier alpha value is -3.99. The van der Waals surface area contributed by atoms with Gasteiger partial charge in [0.05, 0.1) is 12.1 Å². The maximum absolute atomic E-state index is 12.8. The summed E-state index contributed by atoms with van der Waals surface area (Å²) in [6.07, 6.45) is 1.94. The van der Waals surface area contributed by atoms with Gasteiger partial charge in [-0.25, -0.2) is 0 Å². The number of carbonyl (C=O) groups excluding carboxylic acids is 3. The average molecular weight is 423 g/mol. The highest BCUT2D eigenvalue weighted by Crippen LogP contribution is 2.36. The van der Waals surface area contributed by atoms with Crippen LogP contribution in [0.1, 0.15) is 38.8 Å². The van der Waals surface area contributed by atoms with Crippen LogP contribution >= 0.6 is 0 Å². The Kier molecular flexibility index (Phi) is 4.94. The van der Waals surface area contributed by atoms with Crippen LogP contribution < -0.4 is 4.90 Å². The number of fused-ring (bicyclic) bond motifs is 2. The smallest absolute Gasteiger partial charge is 0.302 e. The van der Waals surface area contributed by atoms with E-state index >= 15 is 0 Å². The van der Waals surface area contributed by atoms with Crippen LogP contribution in [0.3, 0.4) is 0 Å². The predicted molar refractivity (Wildman–Crippen MR) is 122 cm³/mol. The summed E-state index contributed by atoms with van der Waals surface area (Å²) in [5.41, 5.74) is 4.88. The van der Waals surface area contributed by atoms with E-state index in [9.17, 15) is 14.4 Å². The van der Waals surface area contributed by atoms with Gasteiger partial charge in [0.15, 0.2) is 11.6 Å². The van der Waals surface area contributed by atoms with Crippen LogP contribution in [0.25, 0.3) is 6.08 Å². The summed E-state index contributed by atoms with van der Waals surface area (Å²) < 4.78 is 5.55. The Balaban J connectivity index is 1.53. The lowest BCUT2D eigenvalue weighted by Crippen LogP contribution is -2.38. The fourth-order valence-electron chi connectivity index (χ4n) is 4.47. The van der Waals surface area contributed by atoms with E-state index in [0.29, 0.717) is 24.1 Å². The van der Waals surface area contributed by atoms with Gasteiger partial charge in [0, 0.05) is 35.8 Å². The molecule has 5 nitrogen and oxygen atoms in total. The molecule has 2 aliphatic rings. The molecule has 1 atom stereocenters. The summed E-state index contributed by atoms with van der Waals surface area (Å²) in [5.74, 6) is -0.802. The molecule has 0 saturated heterocycles. The molecule has 3 aromatic rings. The normalized spacial score (nSPS) is 17.1. The Morgan fingerprint density at radius 2 is 1.59 bits per heavy atom. The molecule has 32 heavy (non-hydrogen) atoms. The number of hydrogen-bond acceptors (Lipinski definition) is 5. The lowest BCUT2D eigenvalue weighted by Gasteiger charge is -2.36. The number of benzene rings is 3. The molecule has 0 fully saturated rings. The van der Waals surface area contributed by atoms with Gasteiger partial charge in [-0.05, 0) is 41.5 Å². The van der Waals surface area contributed by atoms with Gasteiger partial charge < -0.3 is 9.64 Å². The minimum Gasteiger partial charge on any atom is -0.460 e. The van der Waals surface area contributed by atoms with Gasteiger partial charge >= 0.3 is 5.97 Å². The van der Waals surface area contributed by atoms with E-state index in [-0.39, 0.29) is 29.2 Å². The van der Waals surface area contributed by atoms with Crippen LogP contribution in [0, 0.1) is 0 Å². The monoisotopic (exact) mass is 423 g/mol. The standard InChI is InChI=1S/C27H21NO4/c1-17(29)32-21-15-19-13-18(11-12-25(19)28(16-21)20-7-3-2-4-8-20)14-24-26(30)22-9-5-6-10-23(22)27(24)31/h2-14,21H,15-16H2,1H3. The minimum absolute atomic E-state index is 0.179. The first-order valence-electron chi connectivity index (χ1n) is 10.5. The summed E-state index contributed by atoms with van der Waals surface area (Å²) in [4.78, 5) is 39.3. The molecule has 1 unspecified atom stereocenters. The molecule has 0 aromatic heterocycles. The van der Waals surface area contributed by atoms with Crippen molar-refractivity contribution in [2.24, 2.45) is 0 Å². The van der Waals surface area contributed by atoms with Crippen LogP contribution in [0.15, 0.2) is 78.4 Å². The van der Waals surface area contributed by atoms with Gasteiger partial charge in [0.1, 0.15) is 6.10 Å². The molecule has 0 N–H and O–H groups in total. The highest BCUT2D eigenvalue weighted by molar-refractivity contribution is 6.41. The van der Waals surface area contributed by atoms with Crippen molar-refractivity contribution in [2.75, 3.05) is 11.4 Å². The molecule has 1 heterocycles. The molecule has 0 radical (unpaired) electrons. The Morgan fingerprint density at radius 1 is 0.938 bits per heavy atom. The van der Waals surface area contributed by atoms with Crippen molar-refractivity contribution in [3.63, 3.8) is 0 Å². The second-order valence-electron chi connectivity index (χ2n) is 8.03. The first-order chi connectivity index (χ1) is 15.5. The lowest BCUT2D eigenvalue weighted by atomic mass is 9.95. The average Bonchev–Trinajstić information content (AvgIpc) is 3.03. The first kappa shape index (κ1) is 19.9. The van der Waals surface area contributed by atoms with Crippen molar-refractivity contribution in [3.8, 4) is 0 Å². The third-order valence-electron chi connectivity index (χ3n) is 5.85. The zero-order valence-electron chi connectivity index (χ0n) is 17.6. The van der Waals surface area contributed by atoms with Gasteiger partial charge in [0.2, 0.25) is 0 Å². The number of Topliss-reactive ketones (excluding diaryl/α,β-unsaturated/α-hetero) is 2. The molecule has 0 bridgehead atoms.